The Balaban J connectivity index is 2.01. The molecule has 9 heteroatoms. The van der Waals surface area contributed by atoms with Crippen LogP contribution in [-0.4, -0.2) is 78.0 Å². The summed E-state index contributed by atoms with van der Waals surface area (Å²) in [6, 6.07) is 0. The Morgan fingerprint density at radius 3 is 2.45 bits per heavy atom. The maximum atomic E-state index is 14.0. The van der Waals surface area contributed by atoms with E-state index in [0.717, 1.165) is 0 Å². The minimum Gasteiger partial charge on any atom is -0.504 e. The first kappa shape index (κ1) is 27.9. The number of hydrogen-bond donors (Lipinski definition) is 2. The van der Waals surface area contributed by atoms with Gasteiger partial charge in [0.1, 0.15) is 12.2 Å². The zero-order valence-corrected chi connectivity index (χ0v) is 22.5. The number of esters is 2. The number of ketones is 1. The van der Waals surface area contributed by atoms with Crippen molar-refractivity contribution in [3.05, 3.63) is 59.6 Å². The molecule has 4 aliphatic rings. The molecule has 9 nitrogen and oxygen atoms in total. The summed E-state index contributed by atoms with van der Waals surface area (Å²) in [7, 11) is 1.47. The Labute approximate surface area is 223 Å². The number of rotatable bonds is 8. The van der Waals surface area contributed by atoms with Crippen molar-refractivity contribution in [3.8, 4) is 0 Å². The fraction of sp³-hybridized carbons (Fsp3) is 0.552. The van der Waals surface area contributed by atoms with E-state index < -0.39 is 52.6 Å². The molecule has 6 atom stereocenters. The molecule has 1 heterocycles. The molecule has 4 rings (SSSR count). The van der Waals surface area contributed by atoms with Crippen LogP contribution in [0, 0.1) is 16.7 Å². The molecule has 2 N–H and O–H groups in total. The van der Waals surface area contributed by atoms with Crippen LogP contribution in [0.2, 0.25) is 0 Å². The molecule has 1 aliphatic heterocycles. The number of methoxy groups -OCH3 is 1. The number of allylic oxidation sites excluding steroid dienone is 1. The Hall–Kier alpha value is -3.17. The molecule has 2 fully saturated rings. The van der Waals surface area contributed by atoms with E-state index in [1.807, 2.05) is 6.92 Å². The van der Waals surface area contributed by atoms with E-state index in [2.05, 4.69) is 13.2 Å². The molecule has 0 aromatic rings. The molecule has 0 radical (unpaired) electrons. The SMILES string of the molecule is C=CCN(/C=C1\C(=O)O[C@H](COC)[C@@]2(C)C1=C(O)C(=O)C1=C2[C@H](OC(C)=O)C[C@]2(C)C(O)CC[C@@H]12)CC=C. The van der Waals surface area contributed by atoms with Crippen LogP contribution in [0.15, 0.2) is 59.6 Å². The van der Waals surface area contributed by atoms with Crippen molar-refractivity contribution in [1.82, 2.24) is 4.90 Å². The van der Waals surface area contributed by atoms with Crippen molar-refractivity contribution >= 4 is 17.7 Å². The number of ether oxygens (including phenoxy) is 3. The predicted octanol–water partition coefficient (Wildman–Crippen LogP) is 2.93. The molecule has 1 saturated heterocycles. The predicted molar refractivity (Wildman–Crippen MR) is 139 cm³/mol. The minimum atomic E-state index is -1.24. The average molecular weight is 528 g/mol. The normalized spacial score (nSPS) is 35.3. The molecule has 1 saturated carbocycles. The van der Waals surface area contributed by atoms with Crippen molar-refractivity contribution < 1.29 is 38.8 Å². The largest absolute Gasteiger partial charge is 0.504 e. The van der Waals surface area contributed by atoms with Crippen LogP contribution >= 0.6 is 0 Å². The molecular weight excluding hydrogens is 490 g/mol. The first-order valence-electron chi connectivity index (χ1n) is 12.9. The first-order valence-corrected chi connectivity index (χ1v) is 12.9. The van der Waals surface area contributed by atoms with Crippen molar-refractivity contribution in [3.63, 3.8) is 0 Å². The highest BCUT2D eigenvalue weighted by Gasteiger charge is 2.64. The number of carbonyl (C=O) groups excluding carboxylic acids is 3. The second-order valence-corrected chi connectivity index (χ2v) is 11.0. The lowest BCUT2D eigenvalue weighted by molar-refractivity contribution is -0.161. The lowest BCUT2D eigenvalue weighted by Crippen LogP contribution is -2.57. The Kier molecular flexibility index (Phi) is 7.47. The second-order valence-electron chi connectivity index (χ2n) is 11.0. The van der Waals surface area contributed by atoms with E-state index in [4.69, 9.17) is 14.2 Å². The lowest BCUT2D eigenvalue weighted by Gasteiger charge is -2.54. The maximum absolute atomic E-state index is 14.0. The minimum absolute atomic E-state index is 0.0162. The topological polar surface area (TPSA) is 123 Å². The Morgan fingerprint density at radius 2 is 1.87 bits per heavy atom. The number of Topliss-reactive ketones (excluding diaryl/α,β-unsaturated/α-hetero) is 1. The van der Waals surface area contributed by atoms with Crippen LogP contribution in [0.1, 0.15) is 40.0 Å². The highest BCUT2D eigenvalue weighted by atomic mass is 16.6. The van der Waals surface area contributed by atoms with Gasteiger partial charge in [0.15, 0.2) is 5.76 Å². The highest BCUT2D eigenvalue weighted by Crippen LogP contribution is 2.63. The third kappa shape index (κ3) is 4.12. The first-order chi connectivity index (χ1) is 17.9. The van der Waals surface area contributed by atoms with Crippen LogP contribution in [-0.2, 0) is 28.6 Å². The quantitative estimate of drug-likeness (QED) is 0.279. The van der Waals surface area contributed by atoms with E-state index >= 15 is 0 Å². The van der Waals surface area contributed by atoms with Crippen molar-refractivity contribution in [2.75, 3.05) is 26.8 Å². The summed E-state index contributed by atoms with van der Waals surface area (Å²) in [4.78, 5) is 41.4. The number of carbonyl (C=O) groups is 3. The number of cyclic esters (lactones) is 1. The smallest absolute Gasteiger partial charge is 0.340 e. The van der Waals surface area contributed by atoms with Crippen molar-refractivity contribution in [1.29, 1.82) is 0 Å². The van der Waals surface area contributed by atoms with Gasteiger partial charge in [-0.2, -0.15) is 0 Å². The summed E-state index contributed by atoms with van der Waals surface area (Å²) in [6.07, 6.45) is 3.69. The average Bonchev–Trinajstić information content (AvgIpc) is 3.13. The molecule has 206 valence electrons. The summed E-state index contributed by atoms with van der Waals surface area (Å²) >= 11 is 0. The van der Waals surface area contributed by atoms with Gasteiger partial charge in [-0.15, -0.1) is 13.2 Å². The van der Waals surface area contributed by atoms with Gasteiger partial charge in [0, 0.05) is 49.9 Å². The Morgan fingerprint density at radius 1 is 1.21 bits per heavy atom. The van der Waals surface area contributed by atoms with Gasteiger partial charge in [-0.25, -0.2) is 4.79 Å². The van der Waals surface area contributed by atoms with E-state index in [0.29, 0.717) is 43.5 Å². The van der Waals surface area contributed by atoms with Gasteiger partial charge in [-0.3, -0.25) is 9.59 Å². The number of fused-ring (bicyclic) bond motifs is 4. The van der Waals surface area contributed by atoms with Gasteiger partial charge in [-0.1, -0.05) is 19.1 Å². The lowest BCUT2D eigenvalue weighted by atomic mass is 9.53. The fourth-order valence-electron chi connectivity index (χ4n) is 6.97. The van der Waals surface area contributed by atoms with E-state index in [1.165, 1.54) is 14.0 Å². The van der Waals surface area contributed by atoms with Crippen LogP contribution in [0.4, 0.5) is 0 Å². The number of aliphatic hydroxyl groups excluding tert-OH is 2. The zero-order chi connectivity index (χ0) is 28.0. The number of aliphatic hydroxyl groups is 2. The van der Waals surface area contributed by atoms with Gasteiger partial charge in [0.2, 0.25) is 5.78 Å². The van der Waals surface area contributed by atoms with Gasteiger partial charge >= 0.3 is 11.9 Å². The molecule has 38 heavy (non-hydrogen) atoms. The van der Waals surface area contributed by atoms with Gasteiger partial charge in [0.05, 0.1) is 23.7 Å². The molecule has 0 amide bonds. The van der Waals surface area contributed by atoms with Gasteiger partial charge in [-0.05, 0) is 37.7 Å². The summed E-state index contributed by atoms with van der Waals surface area (Å²) in [5, 5.41) is 22.5. The van der Waals surface area contributed by atoms with E-state index in [1.54, 1.807) is 30.2 Å². The molecule has 0 bridgehead atoms. The molecule has 0 spiro atoms. The molecule has 0 aromatic heterocycles. The van der Waals surface area contributed by atoms with Crippen molar-refractivity contribution in [2.24, 2.45) is 16.7 Å². The summed E-state index contributed by atoms with van der Waals surface area (Å²) in [6.45, 7) is 13.2. The number of nitrogens with zero attached hydrogens (tertiary/aromatic N) is 1. The summed E-state index contributed by atoms with van der Waals surface area (Å²) < 4.78 is 17.2. The Bertz CT molecular complexity index is 1160. The number of hydrogen-bond acceptors (Lipinski definition) is 9. The zero-order valence-electron chi connectivity index (χ0n) is 22.5. The van der Waals surface area contributed by atoms with E-state index in [-0.39, 0.29) is 23.7 Å². The second kappa shape index (κ2) is 10.2. The van der Waals surface area contributed by atoms with Gasteiger partial charge in [0.25, 0.3) is 0 Å². The highest BCUT2D eigenvalue weighted by molar-refractivity contribution is 6.13. The van der Waals surface area contributed by atoms with Crippen LogP contribution in [0.3, 0.4) is 0 Å². The third-order valence-electron chi connectivity index (χ3n) is 8.69. The molecule has 3 aliphatic carbocycles. The molecular formula is C29H37NO8. The summed E-state index contributed by atoms with van der Waals surface area (Å²) in [5.74, 6) is -2.77. The van der Waals surface area contributed by atoms with Crippen molar-refractivity contribution in [2.45, 2.75) is 58.3 Å². The molecule has 1 unspecified atom stereocenters. The van der Waals surface area contributed by atoms with E-state index in [9.17, 15) is 24.6 Å². The monoisotopic (exact) mass is 527 g/mol. The standard InChI is InChI=1S/C29H37NO8/c1-7-11-30(12-8-2)14-17-23-26(34)25(33)22-18-9-10-20(32)28(18,4)13-19(37-16(3)31)24(22)29(23,5)21(15-36-6)38-27(17)35/h7-8,14,18-21,32,34H,1-2,9-13,15H2,3-6H3/b17-14-/t18-,19+,20?,21+,28-,29-/m0/s1. The molecule has 0 aromatic carbocycles. The summed E-state index contributed by atoms with van der Waals surface area (Å²) in [5.41, 5.74) is -0.987. The maximum Gasteiger partial charge on any atom is 0.340 e. The third-order valence-corrected chi connectivity index (χ3v) is 8.69. The van der Waals surface area contributed by atoms with Crippen LogP contribution < -0.4 is 0 Å². The fourth-order valence-corrected chi connectivity index (χ4v) is 6.97. The van der Waals surface area contributed by atoms with Gasteiger partial charge < -0.3 is 29.3 Å². The van der Waals surface area contributed by atoms with Crippen LogP contribution in [0.5, 0.6) is 0 Å². The van der Waals surface area contributed by atoms with Crippen LogP contribution in [0.25, 0.3) is 0 Å².